The van der Waals surface area contributed by atoms with Crippen LogP contribution < -0.4 is 0 Å². The molecule has 1 aliphatic rings. The Morgan fingerprint density at radius 2 is 2.19 bits per heavy atom. The highest BCUT2D eigenvalue weighted by molar-refractivity contribution is 7.85. The number of unbranched alkanes of at least 4 members (excludes halogenated alkanes) is 1. The van der Waals surface area contributed by atoms with Gasteiger partial charge in [-0.1, -0.05) is 31.9 Å². The van der Waals surface area contributed by atoms with Gasteiger partial charge < -0.3 is 5.11 Å². The second-order valence-corrected chi connectivity index (χ2v) is 5.84. The summed E-state index contributed by atoms with van der Waals surface area (Å²) in [5.41, 5.74) is -0.650. The Labute approximate surface area is 96.4 Å². The molecule has 0 saturated heterocycles. The van der Waals surface area contributed by atoms with Crippen molar-refractivity contribution in [2.75, 3.05) is 5.75 Å². The van der Waals surface area contributed by atoms with E-state index in [1.807, 2.05) is 6.92 Å². The maximum atomic E-state index is 11.0. The molecule has 16 heavy (non-hydrogen) atoms. The van der Waals surface area contributed by atoms with Gasteiger partial charge in [0.05, 0.1) is 11.5 Å². The van der Waals surface area contributed by atoms with E-state index in [4.69, 9.17) is 4.55 Å². The van der Waals surface area contributed by atoms with Gasteiger partial charge in [-0.25, -0.2) is 0 Å². The number of hydrogen-bond donors (Lipinski definition) is 2. The largest absolute Gasteiger partial charge is 0.512 e. The quantitative estimate of drug-likeness (QED) is 0.731. The zero-order chi connectivity index (χ0) is 12.2. The van der Waals surface area contributed by atoms with Crippen LogP contribution in [0.3, 0.4) is 0 Å². The van der Waals surface area contributed by atoms with Gasteiger partial charge >= 0.3 is 0 Å². The molecule has 0 radical (unpaired) electrons. The molecule has 5 heteroatoms. The zero-order valence-corrected chi connectivity index (χ0v) is 10.2. The Bertz CT molecular complexity index is 394. The maximum Gasteiger partial charge on any atom is 0.265 e. The highest BCUT2D eigenvalue weighted by atomic mass is 32.2. The fraction of sp³-hybridized carbons (Fsp3) is 0.636. The summed E-state index contributed by atoms with van der Waals surface area (Å²) in [6.07, 6.45) is 7.73. The molecule has 1 unspecified atom stereocenters. The van der Waals surface area contributed by atoms with Gasteiger partial charge in [-0.05, 0) is 12.5 Å². The lowest BCUT2D eigenvalue weighted by atomic mass is 9.78. The summed E-state index contributed by atoms with van der Waals surface area (Å²) in [5.74, 6) is -0.156. The molecule has 0 aromatic heterocycles. The molecule has 4 nitrogen and oxygen atoms in total. The summed E-state index contributed by atoms with van der Waals surface area (Å²) in [7, 11) is -4.03. The number of allylic oxidation sites excluding steroid dienone is 4. The summed E-state index contributed by atoms with van der Waals surface area (Å²) < 4.78 is 30.9. The predicted octanol–water partition coefficient (Wildman–Crippen LogP) is 2.45. The first-order valence-electron chi connectivity index (χ1n) is 5.39. The molecule has 0 aromatic carbocycles. The maximum absolute atomic E-state index is 11.0. The Kier molecular flexibility index (Phi) is 4.15. The van der Waals surface area contributed by atoms with Gasteiger partial charge in [0.15, 0.2) is 0 Å². The van der Waals surface area contributed by atoms with Crippen molar-refractivity contribution in [2.24, 2.45) is 5.41 Å². The van der Waals surface area contributed by atoms with Crippen LogP contribution in [0, 0.1) is 5.41 Å². The Morgan fingerprint density at radius 3 is 2.69 bits per heavy atom. The zero-order valence-electron chi connectivity index (χ0n) is 9.39. The lowest BCUT2D eigenvalue weighted by Gasteiger charge is -2.31. The van der Waals surface area contributed by atoms with Crippen molar-refractivity contribution >= 4 is 10.1 Å². The van der Waals surface area contributed by atoms with Crippen LogP contribution in [-0.4, -0.2) is 23.8 Å². The van der Waals surface area contributed by atoms with Crippen LogP contribution in [-0.2, 0) is 10.1 Å². The first kappa shape index (κ1) is 13.3. The van der Waals surface area contributed by atoms with E-state index in [0.29, 0.717) is 6.42 Å². The predicted molar refractivity (Wildman–Crippen MR) is 62.8 cm³/mol. The lowest BCUT2D eigenvalue weighted by Crippen LogP contribution is -2.30. The van der Waals surface area contributed by atoms with Gasteiger partial charge in [0.25, 0.3) is 10.1 Å². The van der Waals surface area contributed by atoms with Crippen molar-refractivity contribution in [3.8, 4) is 0 Å². The second-order valence-electron chi connectivity index (χ2n) is 4.39. The minimum atomic E-state index is -4.03. The molecular formula is C11H18O4S. The first-order valence-corrected chi connectivity index (χ1v) is 7.00. The fourth-order valence-electron chi connectivity index (χ4n) is 2.08. The number of rotatable bonds is 5. The molecule has 0 amide bonds. The Morgan fingerprint density at radius 1 is 1.50 bits per heavy atom. The lowest BCUT2D eigenvalue weighted by molar-refractivity contribution is 0.285. The minimum absolute atomic E-state index is 0.169. The molecule has 1 rings (SSSR count). The van der Waals surface area contributed by atoms with Gasteiger partial charge in [-0.15, -0.1) is 0 Å². The molecule has 0 saturated carbocycles. The van der Waals surface area contributed by atoms with E-state index in [1.54, 1.807) is 18.2 Å². The summed E-state index contributed by atoms with van der Waals surface area (Å²) in [6, 6.07) is 0. The molecule has 0 aliphatic heterocycles. The summed E-state index contributed by atoms with van der Waals surface area (Å²) >= 11 is 0. The average molecular weight is 246 g/mol. The van der Waals surface area contributed by atoms with Crippen LogP contribution in [0.25, 0.3) is 0 Å². The van der Waals surface area contributed by atoms with Gasteiger partial charge in [-0.3, -0.25) is 4.55 Å². The van der Waals surface area contributed by atoms with Gasteiger partial charge in [-0.2, -0.15) is 8.42 Å². The van der Waals surface area contributed by atoms with Crippen LogP contribution >= 0.6 is 0 Å². The van der Waals surface area contributed by atoms with Crippen molar-refractivity contribution in [3.05, 3.63) is 24.0 Å². The van der Waals surface area contributed by atoms with Crippen molar-refractivity contribution in [1.29, 1.82) is 0 Å². The fourth-order valence-corrected chi connectivity index (χ4v) is 3.15. The molecule has 1 aliphatic carbocycles. The third-order valence-corrected chi connectivity index (χ3v) is 3.71. The monoisotopic (exact) mass is 246 g/mol. The summed E-state index contributed by atoms with van der Waals surface area (Å²) in [6.45, 7) is 2.02. The van der Waals surface area contributed by atoms with Crippen LogP contribution in [0.5, 0.6) is 0 Å². The standard InChI is InChI=1S/C11H18O4S/c1-2-3-6-11(9-16(13,14)15)7-4-5-10(12)8-11/h4-5,7,12H,2-3,6,8-9H2,1H3,(H,13,14,15). The van der Waals surface area contributed by atoms with E-state index >= 15 is 0 Å². The van der Waals surface area contributed by atoms with Gasteiger partial charge in [0.2, 0.25) is 0 Å². The van der Waals surface area contributed by atoms with Crippen molar-refractivity contribution in [3.63, 3.8) is 0 Å². The Balaban J connectivity index is 2.86. The van der Waals surface area contributed by atoms with Gasteiger partial charge in [0, 0.05) is 11.8 Å². The van der Waals surface area contributed by atoms with Crippen molar-refractivity contribution in [1.82, 2.24) is 0 Å². The van der Waals surface area contributed by atoms with Crippen LogP contribution in [0.2, 0.25) is 0 Å². The van der Waals surface area contributed by atoms with E-state index in [2.05, 4.69) is 0 Å². The van der Waals surface area contributed by atoms with Crippen LogP contribution in [0.4, 0.5) is 0 Å². The smallest absolute Gasteiger partial charge is 0.265 e. The van der Waals surface area contributed by atoms with Crippen molar-refractivity contribution < 1.29 is 18.1 Å². The average Bonchev–Trinajstić information content (AvgIpc) is 2.12. The number of aliphatic hydroxyl groups excluding tert-OH is 1. The molecule has 0 fully saturated rings. The number of aliphatic hydroxyl groups is 1. The minimum Gasteiger partial charge on any atom is -0.512 e. The van der Waals surface area contributed by atoms with Crippen molar-refractivity contribution in [2.45, 2.75) is 32.6 Å². The molecule has 1 atom stereocenters. The molecule has 0 spiro atoms. The number of hydrogen-bond acceptors (Lipinski definition) is 3. The highest BCUT2D eigenvalue weighted by Gasteiger charge is 2.34. The van der Waals surface area contributed by atoms with E-state index in [1.165, 1.54) is 0 Å². The van der Waals surface area contributed by atoms with E-state index in [9.17, 15) is 13.5 Å². The van der Waals surface area contributed by atoms with Crippen LogP contribution in [0.1, 0.15) is 32.6 Å². The van der Waals surface area contributed by atoms with E-state index < -0.39 is 15.5 Å². The molecule has 2 N–H and O–H groups in total. The highest BCUT2D eigenvalue weighted by Crippen LogP contribution is 2.37. The molecular weight excluding hydrogens is 228 g/mol. The molecule has 92 valence electrons. The Hall–Kier alpha value is -0.810. The summed E-state index contributed by atoms with van der Waals surface area (Å²) in [5, 5.41) is 9.47. The molecule has 0 aromatic rings. The molecule has 0 heterocycles. The third-order valence-electron chi connectivity index (χ3n) is 2.77. The second kappa shape index (κ2) is 5.01. The first-order chi connectivity index (χ1) is 7.37. The third kappa shape index (κ3) is 3.98. The topological polar surface area (TPSA) is 74.6 Å². The molecule has 0 bridgehead atoms. The van der Waals surface area contributed by atoms with E-state index in [0.717, 1.165) is 12.8 Å². The van der Waals surface area contributed by atoms with Crippen LogP contribution in [0.15, 0.2) is 24.0 Å². The van der Waals surface area contributed by atoms with E-state index in [-0.39, 0.29) is 17.9 Å². The SMILES string of the molecule is CCCCC1(CS(=O)(=O)O)C=CC=C(O)C1. The van der Waals surface area contributed by atoms with Gasteiger partial charge in [0.1, 0.15) is 0 Å². The normalized spacial score (nSPS) is 25.5. The summed E-state index contributed by atoms with van der Waals surface area (Å²) in [4.78, 5) is 0.